The van der Waals surface area contributed by atoms with E-state index in [4.69, 9.17) is 0 Å². The summed E-state index contributed by atoms with van der Waals surface area (Å²) in [6.45, 7) is 1.94. The number of nitrogens with one attached hydrogen (secondary N) is 1. The third-order valence-electron chi connectivity index (χ3n) is 3.41. The maximum Gasteiger partial charge on any atom is 0.226 e. The minimum absolute atomic E-state index is 0.0849. The molecule has 2 aromatic heterocycles. The molecule has 7 nitrogen and oxygen atoms in total. The molecule has 116 valence electrons. The van der Waals surface area contributed by atoms with E-state index in [-0.39, 0.29) is 18.4 Å². The van der Waals surface area contributed by atoms with Gasteiger partial charge in [-0.1, -0.05) is 12.1 Å². The molecular formula is C16H16N6O. The summed E-state index contributed by atoms with van der Waals surface area (Å²) in [5, 5.41) is 7.04. The van der Waals surface area contributed by atoms with Gasteiger partial charge < -0.3 is 5.32 Å². The van der Waals surface area contributed by atoms with Crippen LogP contribution in [0, 0.1) is 0 Å². The molecule has 0 fully saturated rings. The number of carbonyl (C=O) groups is 1. The lowest BCUT2D eigenvalue weighted by Crippen LogP contribution is -2.28. The second kappa shape index (κ2) is 6.78. The molecule has 7 heteroatoms. The van der Waals surface area contributed by atoms with Gasteiger partial charge in [0.15, 0.2) is 0 Å². The van der Waals surface area contributed by atoms with Gasteiger partial charge in [0.25, 0.3) is 0 Å². The Morgan fingerprint density at radius 3 is 2.70 bits per heavy atom. The number of amides is 1. The Morgan fingerprint density at radius 2 is 2.04 bits per heavy atom. The fraction of sp³-hybridized carbons (Fsp3) is 0.188. The number of nitrogens with zero attached hydrogens (tertiary/aromatic N) is 5. The maximum atomic E-state index is 12.0. The molecule has 23 heavy (non-hydrogen) atoms. The van der Waals surface area contributed by atoms with E-state index in [2.05, 4.69) is 25.4 Å². The Kier molecular flexibility index (Phi) is 4.37. The van der Waals surface area contributed by atoms with Crippen LogP contribution < -0.4 is 5.32 Å². The molecular weight excluding hydrogens is 292 g/mol. The van der Waals surface area contributed by atoms with Crippen molar-refractivity contribution in [3.05, 3.63) is 66.8 Å². The summed E-state index contributed by atoms with van der Waals surface area (Å²) < 4.78 is 1.68. The fourth-order valence-corrected chi connectivity index (χ4v) is 2.22. The van der Waals surface area contributed by atoms with Gasteiger partial charge in [-0.05, 0) is 24.6 Å². The van der Waals surface area contributed by atoms with Gasteiger partial charge in [-0.15, -0.1) is 0 Å². The summed E-state index contributed by atoms with van der Waals surface area (Å²) in [7, 11) is 0. The molecule has 3 aromatic rings. The molecule has 0 spiro atoms. The van der Waals surface area contributed by atoms with Crippen LogP contribution in [-0.2, 0) is 11.2 Å². The summed E-state index contributed by atoms with van der Waals surface area (Å²) in [5.41, 5.74) is 2.59. The van der Waals surface area contributed by atoms with Gasteiger partial charge in [0.2, 0.25) is 5.91 Å². The normalized spacial score (nSPS) is 11.9. The molecule has 0 aliphatic carbocycles. The smallest absolute Gasteiger partial charge is 0.226 e. The van der Waals surface area contributed by atoms with Crippen molar-refractivity contribution in [2.24, 2.45) is 0 Å². The Morgan fingerprint density at radius 1 is 1.22 bits per heavy atom. The van der Waals surface area contributed by atoms with Gasteiger partial charge in [0.1, 0.15) is 12.7 Å². The van der Waals surface area contributed by atoms with E-state index in [1.165, 1.54) is 6.33 Å². The lowest BCUT2D eigenvalue weighted by atomic mass is 10.1. The second-order valence-electron chi connectivity index (χ2n) is 5.09. The Hall–Kier alpha value is -3.09. The molecule has 3 rings (SSSR count). The van der Waals surface area contributed by atoms with Crippen molar-refractivity contribution in [2.45, 2.75) is 19.4 Å². The lowest BCUT2D eigenvalue weighted by molar-refractivity contribution is -0.121. The van der Waals surface area contributed by atoms with Crippen LogP contribution in [0.25, 0.3) is 5.69 Å². The topological polar surface area (TPSA) is 85.6 Å². The largest absolute Gasteiger partial charge is 0.349 e. The summed E-state index contributed by atoms with van der Waals surface area (Å²) in [6, 6.07) is 7.71. The molecule has 1 amide bonds. The first-order chi connectivity index (χ1) is 11.2. The van der Waals surface area contributed by atoms with E-state index in [9.17, 15) is 4.79 Å². The Bertz CT molecular complexity index is 755. The number of carbonyl (C=O) groups excluding carboxylic acids is 1. The van der Waals surface area contributed by atoms with E-state index in [1.54, 1.807) is 29.6 Å². The molecule has 1 atom stereocenters. The molecule has 0 saturated carbocycles. The average Bonchev–Trinajstić information content (AvgIpc) is 3.10. The van der Waals surface area contributed by atoms with Crippen LogP contribution in [0.1, 0.15) is 24.2 Å². The van der Waals surface area contributed by atoms with Gasteiger partial charge >= 0.3 is 0 Å². The van der Waals surface area contributed by atoms with Gasteiger partial charge in [-0.2, -0.15) is 5.10 Å². The molecule has 0 aliphatic heterocycles. The standard InChI is InChI=1S/C16H16N6O/c1-12(21-16(23)8-14-9-17-6-7-19-14)13-2-4-15(5-3-13)22-11-18-10-20-22/h2-7,9-12H,8H2,1H3,(H,21,23)/t12-/m1/s1. The van der Waals surface area contributed by atoms with Gasteiger partial charge in [-0.3, -0.25) is 14.8 Å². The lowest BCUT2D eigenvalue weighted by Gasteiger charge is -2.14. The molecule has 1 N–H and O–H groups in total. The van der Waals surface area contributed by atoms with Crippen LogP contribution in [0.4, 0.5) is 0 Å². The first-order valence-electron chi connectivity index (χ1n) is 7.21. The van der Waals surface area contributed by atoms with E-state index in [0.717, 1.165) is 11.3 Å². The highest BCUT2D eigenvalue weighted by atomic mass is 16.1. The minimum atomic E-state index is -0.0935. The molecule has 0 saturated heterocycles. The minimum Gasteiger partial charge on any atom is -0.349 e. The molecule has 2 heterocycles. The SMILES string of the molecule is C[C@@H](NC(=O)Cc1cnccn1)c1ccc(-n2cncn2)cc1. The van der Waals surface area contributed by atoms with Crippen molar-refractivity contribution in [1.82, 2.24) is 30.0 Å². The van der Waals surface area contributed by atoms with Crippen molar-refractivity contribution < 1.29 is 4.79 Å². The van der Waals surface area contributed by atoms with Crippen molar-refractivity contribution in [3.8, 4) is 5.69 Å². The quantitative estimate of drug-likeness (QED) is 0.771. The number of benzene rings is 1. The second-order valence-corrected chi connectivity index (χ2v) is 5.09. The fourth-order valence-electron chi connectivity index (χ4n) is 2.22. The third kappa shape index (κ3) is 3.76. The van der Waals surface area contributed by atoms with Gasteiger partial charge in [0, 0.05) is 18.6 Å². The van der Waals surface area contributed by atoms with Crippen LogP contribution in [0.3, 0.4) is 0 Å². The average molecular weight is 308 g/mol. The van der Waals surface area contributed by atoms with Gasteiger partial charge in [-0.25, -0.2) is 9.67 Å². The summed E-state index contributed by atoms with van der Waals surface area (Å²) in [4.78, 5) is 24.0. The zero-order chi connectivity index (χ0) is 16.1. The number of hydrogen-bond donors (Lipinski definition) is 1. The summed E-state index contributed by atoms with van der Waals surface area (Å²) >= 11 is 0. The van der Waals surface area contributed by atoms with E-state index in [1.807, 2.05) is 31.2 Å². The molecule has 0 aliphatic rings. The highest BCUT2D eigenvalue weighted by molar-refractivity contribution is 5.78. The zero-order valence-corrected chi connectivity index (χ0v) is 12.6. The molecule has 1 aromatic carbocycles. The van der Waals surface area contributed by atoms with Crippen LogP contribution in [0.5, 0.6) is 0 Å². The first kappa shape index (κ1) is 14.8. The van der Waals surface area contributed by atoms with Crippen molar-refractivity contribution >= 4 is 5.91 Å². The predicted molar refractivity (Wildman–Crippen MR) is 83.7 cm³/mol. The van der Waals surface area contributed by atoms with Gasteiger partial charge in [0.05, 0.1) is 23.8 Å². The molecule has 0 radical (unpaired) electrons. The first-order valence-corrected chi connectivity index (χ1v) is 7.21. The summed E-state index contributed by atoms with van der Waals surface area (Å²) in [6.07, 6.45) is 8.10. The van der Waals surface area contributed by atoms with Crippen molar-refractivity contribution in [3.63, 3.8) is 0 Å². The van der Waals surface area contributed by atoms with Crippen LogP contribution >= 0.6 is 0 Å². The third-order valence-corrected chi connectivity index (χ3v) is 3.41. The Labute approximate surface area is 133 Å². The van der Waals surface area contributed by atoms with Crippen LogP contribution in [-0.4, -0.2) is 30.6 Å². The maximum absolute atomic E-state index is 12.0. The van der Waals surface area contributed by atoms with E-state index < -0.39 is 0 Å². The van der Waals surface area contributed by atoms with E-state index >= 15 is 0 Å². The number of hydrogen-bond acceptors (Lipinski definition) is 5. The van der Waals surface area contributed by atoms with Crippen molar-refractivity contribution in [1.29, 1.82) is 0 Å². The number of rotatable bonds is 5. The number of aromatic nitrogens is 5. The highest BCUT2D eigenvalue weighted by Gasteiger charge is 2.11. The van der Waals surface area contributed by atoms with Crippen molar-refractivity contribution in [2.75, 3.05) is 0 Å². The summed E-state index contributed by atoms with van der Waals surface area (Å²) in [5.74, 6) is -0.0849. The monoisotopic (exact) mass is 308 g/mol. The molecule has 0 bridgehead atoms. The van der Waals surface area contributed by atoms with Crippen LogP contribution in [0.2, 0.25) is 0 Å². The van der Waals surface area contributed by atoms with Crippen LogP contribution in [0.15, 0.2) is 55.5 Å². The predicted octanol–water partition coefficient (Wildman–Crippen LogP) is 1.48. The van der Waals surface area contributed by atoms with E-state index in [0.29, 0.717) is 5.69 Å². The zero-order valence-electron chi connectivity index (χ0n) is 12.6. The Balaban J connectivity index is 1.61. The molecule has 0 unspecified atom stereocenters. The highest BCUT2D eigenvalue weighted by Crippen LogP contribution is 2.15.